The highest BCUT2D eigenvalue weighted by Gasteiger charge is 2.20. The number of likely N-dealkylation sites (N-methyl/N-ethyl adjacent to an activating group) is 1. The second-order valence-corrected chi connectivity index (χ2v) is 5.08. The van der Waals surface area contributed by atoms with E-state index in [1.807, 2.05) is 25.2 Å². The number of benzene rings is 1. The number of hydrogen-bond acceptors (Lipinski definition) is 6. The van der Waals surface area contributed by atoms with E-state index in [-0.39, 0.29) is 12.0 Å². The first-order valence-corrected chi connectivity index (χ1v) is 6.91. The highest BCUT2D eigenvalue weighted by atomic mass is 16.5. The number of fused-ring (bicyclic) bond motifs is 1. The summed E-state index contributed by atoms with van der Waals surface area (Å²) in [6.07, 6.45) is 3.35. The summed E-state index contributed by atoms with van der Waals surface area (Å²) in [6.45, 7) is 4.14. The van der Waals surface area contributed by atoms with Gasteiger partial charge < -0.3 is 9.84 Å². The van der Waals surface area contributed by atoms with Crippen LogP contribution in [0.1, 0.15) is 25.7 Å². The molecule has 2 aromatic heterocycles. The van der Waals surface area contributed by atoms with Gasteiger partial charge in [-0.25, -0.2) is 0 Å². The third-order valence-corrected chi connectivity index (χ3v) is 3.76. The van der Waals surface area contributed by atoms with E-state index >= 15 is 0 Å². The van der Waals surface area contributed by atoms with Gasteiger partial charge in [-0.3, -0.25) is 9.97 Å². The van der Waals surface area contributed by atoms with Crippen LogP contribution < -0.4 is 5.32 Å². The first-order valence-electron chi connectivity index (χ1n) is 6.91. The minimum absolute atomic E-state index is 0.150. The van der Waals surface area contributed by atoms with Crippen LogP contribution in [0.25, 0.3) is 22.4 Å². The third kappa shape index (κ3) is 2.62. The molecular formula is C15H17N5O. The first kappa shape index (κ1) is 13.6. The molecule has 0 bridgehead atoms. The van der Waals surface area contributed by atoms with Gasteiger partial charge in [0.25, 0.3) is 0 Å². The van der Waals surface area contributed by atoms with Crippen molar-refractivity contribution in [1.29, 1.82) is 0 Å². The van der Waals surface area contributed by atoms with Crippen molar-refractivity contribution in [2.45, 2.75) is 25.8 Å². The van der Waals surface area contributed by atoms with Crippen molar-refractivity contribution in [3.05, 3.63) is 36.5 Å². The van der Waals surface area contributed by atoms with E-state index in [9.17, 15) is 0 Å². The molecule has 21 heavy (non-hydrogen) atoms. The molecule has 0 saturated carbocycles. The molecule has 2 heterocycles. The van der Waals surface area contributed by atoms with Crippen molar-refractivity contribution >= 4 is 11.0 Å². The smallest absolute Gasteiger partial charge is 0.231 e. The lowest BCUT2D eigenvalue weighted by atomic mass is 10.0. The van der Waals surface area contributed by atoms with Crippen LogP contribution in [0.15, 0.2) is 35.1 Å². The molecule has 0 aliphatic heterocycles. The zero-order valence-electron chi connectivity index (χ0n) is 12.2. The summed E-state index contributed by atoms with van der Waals surface area (Å²) in [5, 5.41) is 7.26. The van der Waals surface area contributed by atoms with Gasteiger partial charge in [0.15, 0.2) is 0 Å². The Balaban J connectivity index is 1.94. The molecule has 108 valence electrons. The zero-order valence-corrected chi connectivity index (χ0v) is 12.2. The van der Waals surface area contributed by atoms with Gasteiger partial charge in [-0.15, -0.1) is 0 Å². The molecule has 0 aliphatic rings. The van der Waals surface area contributed by atoms with Crippen molar-refractivity contribution in [3.8, 4) is 11.4 Å². The Morgan fingerprint density at radius 1 is 1.10 bits per heavy atom. The Kier molecular flexibility index (Phi) is 3.62. The summed E-state index contributed by atoms with van der Waals surface area (Å²) >= 11 is 0. The van der Waals surface area contributed by atoms with Crippen LogP contribution >= 0.6 is 0 Å². The van der Waals surface area contributed by atoms with Crippen LogP contribution in [0.4, 0.5) is 0 Å². The molecule has 6 heteroatoms. The molecule has 1 aromatic carbocycles. The van der Waals surface area contributed by atoms with Gasteiger partial charge in [0.2, 0.25) is 11.7 Å². The van der Waals surface area contributed by atoms with Gasteiger partial charge in [-0.2, -0.15) is 4.98 Å². The summed E-state index contributed by atoms with van der Waals surface area (Å²) in [5.41, 5.74) is 2.54. The maximum absolute atomic E-state index is 5.38. The lowest BCUT2D eigenvalue weighted by molar-refractivity contribution is 0.336. The Bertz CT molecular complexity index is 754. The predicted octanol–water partition coefficient (Wildman–Crippen LogP) is 2.39. The molecule has 0 aliphatic carbocycles. The quantitative estimate of drug-likeness (QED) is 0.792. The van der Waals surface area contributed by atoms with Crippen molar-refractivity contribution in [2.75, 3.05) is 7.05 Å². The fourth-order valence-electron chi connectivity index (χ4n) is 2.10. The Labute approximate surface area is 122 Å². The molecule has 0 spiro atoms. The summed E-state index contributed by atoms with van der Waals surface area (Å²) < 4.78 is 5.38. The SMILES string of the molecule is CNC(C)C(C)c1nc(-c2ccc3nccnc3c2)no1. The predicted molar refractivity (Wildman–Crippen MR) is 79.8 cm³/mol. The maximum Gasteiger partial charge on any atom is 0.231 e. The molecular weight excluding hydrogens is 266 g/mol. The summed E-state index contributed by atoms with van der Waals surface area (Å²) in [5.74, 6) is 1.36. The normalized spacial score (nSPS) is 14.2. The van der Waals surface area contributed by atoms with Gasteiger partial charge in [-0.05, 0) is 32.2 Å². The van der Waals surface area contributed by atoms with Crippen molar-refractivity contribution in [3.63, 3.8) is 0 Å². The highest BCUT2D eigenvalue weighted by molar-refractivity contribution is 5.79. The topological polar surface area (TPSA) is 76.7 Å². The average Bonchev–Trinajstić information content (AvgIpc) is 3.02. The summed E-state index contributed by atoms with van der Waals surface area (Å²) in [7, 11) is 1.92. The second kappa shape index (κ2) is 5.57. The van der Waals surface area contributed by atoms with Crippen LogP contribution in [-0.4, -0.2) is 33.2 Å². The monoisotopic (exact) mass is 283 g/mol. The van der Waals surface area contributed by atoms with E-state index in [0.29, 0.717) is 11.7 Å². The van der Waals surface area contributed by atoms with Crippen LogP contribution in [-0.2, 0) is 0 Å². The molecule has 0 amide bonds. The molecule has 0 fully saturated rings. The first-order chi connectivity index (χ1) is 10.2. The Morgan fingerprint density at radius 2 is 1.86 bits per heavy atom. The average molecular weight is 283 g/mol. The fourth-order valence-corrected chi connectivity index (χ4v) is 2.10. The van der Waals surface area contributed by atoms with Crippen LogP contribution in [0.2, 0.25) is 0 Å². The van der Waals surface area contributed by atoms with Gasteiger partial charge in [0.05, 0.1) is 17.0 Å². The van der Waals surface area contributed by atoms with Gasteiger partial charge >= 0.3 is 0 Å². The lowest BCUT2D eigenvalue weighted by Gasteiger charge is -2.14. The van der Waals surface area contributed by atoms with Gasteiger partial charge in [-0.1, -0.05) is 12.1 Å². The number of aromatic nitrogens is 4. The molecule has 3 rings (SSSR count). The van der Waals surface area contributed by atoms with Crippen molar-refractivity contribution in [2.24, 2.45) is 0 Å². The number of nitrogens with one attached hydrogen (secondary N) is 1. The molecule has 3 aromatic rings. The highest BCUT2D eigenvalue weighted by Crippen LogP contribution is 2.23. The standard InChI is InChI=1S/C15H17N5O/c1-9(10(2)16-3)15-19-14(20-21-15)11-4-5-12-13(8-11)18-7-6-17-12/h4-10,16H,1-3H3. The Hall–Kier alpha value is -2.34. The molecule has 2 atom stereocenters. The fraction of sp³-hybridized carbons (Fsp3) is 0.333. The number of rotatable bonds is 4. The summed E-state index contributed by atoms with van der Waals surface area (Å²) in [4.78, 5) is 13.0. The number of hydrogen-bond donors (Lipinski definition) is 1. The second-order valence-electron chi connectivity index (χ2n) is 5.08. The Morgan fingerprint density at radius 3 is 2.62 bits per heavy atom. The minimum atomic E-state index is 0.150. The van der Waals surface area contributed by atoms with Crippen molar-refractivity contribution in [1.82, 2.24) is 25.4 Å². The van der Waals surface area contributed by atoms with Gasteiger partial charge in [0.1, 0.15) is 0 Å². The number of nitrogens with zero attached hydrogens (tertiary/aromatic N) is 4. The van der Waals surface area contributed by atoms with E-state index in [1.165, 1.54) is 0 Å². The third-order valence-electron chi connectivity index (χ3n) is 3.76. The van der Waals surface area contributed by atoms with E-state index in [0.717, 1.165) is 16.6 Å². The van der Waals surface area contributed by atoms with Crippen LogP contribution in [0, 0.1) is 0 Å². The largest absolute Gasteiger partial charge is 0.339 e. The molecule has 6 nitrogen and oxygen atoms in total. The zero-order chi connectivity index (χ0) is 14.8. The molecule has 0 saturated heterocycles. The van der Waals surface area contributed by atoms with E-state index in [1.54, 1.807) is 12.4 Å². The van der Waals surface area contributed by atoms with E-state index < -0.39 is 0 Å². The van der Waals surface area contributed by atoms with E-state index in [2.05, 4.69) is 39.3 Å². The molecule has 2 unspecified atom stereocenters. The van der Waals surface area contributed by atoms with E-state index in [4.69, 9.17) is 4.52 Å². The van der Waals surface area contributed by atoms with Gasteiger partial charge in [0, 0.05) is 24.0 Å². The molecule has 0 radical (unpaired) electrons. The van der Waals surface area contributed by atoms with Crippen molar-refractivity contribution < 1.29 is 4.52 Å². The minimum Gasteiger partial charge on any atom is -0.339 e. The summed E-state index contributed by atoms with van der Waals surface area (Å²) in [6, 6.07) is 6.02. The van der Waals surface area contributed by atoms with Crippen LogP contribution in [0.5, 0.6) is 0 Å². The lowest BCUT2D eigenvalue weighted by Crippen LogP contribution is -2.27. The van der Waals surface area contributed by atoms with Crippen LogP contribution in [0.3, 0.4) is 0 Å². The molecule has 1 N–H and O–H groups in total. The maximum atomic E-state index is 5.38.